The topological polar surface area (TPSA) is 68.8 Å². The first-order valence-corrected chi connectivity index (χ1v) is 7.03. The van der Waals surface area contributed by atoms with Crippen LogP contribution in [0.25, 0.3) is 0 Å². The summed E-state index contributed by atoms with van der Waals surface area (Å²) in [6.45, 7) is 2.86. The van der Waals surface area contributed by atoms with Gasteiger partial charge < -0.3 is 0 Å². The van der Waals surface area contributed by atoms with Crippen molar-refractivity contribution in [3.63, 3.8) is 0 Å². The van der Waals surface area contributed by atoms with Crippen molar-refractivity contribution in [1.29, 1.82) is 0 Å². The lowest BCUT2D eigenvalue weighted by molar-refractivity contribution is 0.613. The zero-order valence-electron chi connectivity index (χ0n) is 9.77. The molecule has 5 nitrogen and oxygen atoms in total. The molecule has 2 rings (SSSR count). The minimum absolute atomic E-state index is 0.187. The minimum atomic E-state index is -0.187. The Bertz CT molecular complexity index is 540. The van der Waals surface area contributed by atoms with Gasteiger partial charge in [0.15, 0.2) is 0 Å². The van der Waals surface area contributed by atoms with Crippen molar-refractivity contribution in [1.82, 2.24) is 20.2 Å². The summed E-state index contributed by atoms with van der Waals surface area (Å²) in [4.78, 5) is 4.39. The first kappa shape index (κ1) is 13.7. The van der Waals surface area contributed by atoms with Gasteiger partial charge in [-0.05, 0) is 44.8 Å². The molecule has 96 valence electrons. The van der Waals surface area contributed by atoms with Gasteiger partial charge in [0.2, 0.25) is 0 Å². The molecule has 0 aliphatic carbocycles. The van der Waals surface area contributed by atoms with Crippen LogP contribution in [0.3, 0.4) is 0 Å². The number of halogens is 2. The van der Waals surface area contributed by atoms with Crippen LogP contribution in [0.1, 0.15) is 24.2 Å². The zero-order chi connectivity index (χ0) is 13.1. The maximum atomic E-state index is 5.63. The van der Waals surface area contributed by atoms with Gasteiger partial charge in [-0.1, -0.05) is 0 Å². The lowest BCUT2D eigenvalue weighted by Gasteiger charge is -2.15. The SMILES string of the molecule is CCn1cc(C(NN)c2ncc(Br)cc2Br)cn1. The number of aryl methyl sites for hydroxylation is 1. The van der Waals surface area contributed by atoms with Crippen LogP contribution in [0.2, 0.25) is 0 Å². The van der Waals surface area contributed by atoms with Crippen LogP contribution in [0, 0.1) is 0 Å². The second kappa shape index (κ2) is 5.92. The van der Waals surface area contributed by atoms with Gasteiger partial charge in [-0.25, -0.2) is 5.43 Å². The zero-order valence-corrected chi connectivity index (χ0v) is 12.9. The number of hydrogen-bond donors (Lipinski definition) is 2. The van der Waals surface area contributed by atoms with Crippen molar-refractivity contribution in [3.8, 4) is 0 Å². The van der Waals surface area contributed by atoms with Crippen LogP contribution in [0.4, 0.5) is 0 Å². The van der Waals surface area contributed by atoms with Crippen molar-refractivity contribution >= 4 is 31.9 Å². The van der Waals surface area contributed by atoms with Crippen LogP contribution in [-0.4, -0.2) is 14.8 Å². The molecule has 3 N–H and O–H groups in total. The third-order valence-corrected chi connectivity index (χ3v) is 3.66. The molecular formula is C11H13Br2N5. The van der Waals surface area contributed by atoms with Crippen molar-refractivity contribution in [2.24, 2.45) is 5.84 Å². The Morgan fingerprint density at radius 3 is 2.78 bits per heavy atom. The summed E-state index contributed by atoms with van der Waals surface area (Å²) >= 11 is 6.87. The molecule has 0 saturated carbocycles. The van der Waals surface area contributed by atoms with Gasteiger partial charge in [-0.15, -0.1) is 0 Å². The fraction of sp³-hybridized carbons (Fsp3) is 0.273. The van der Waals surface area contributed by atoms with Crippen molar-refractivity contribution < 1.29 is 0 Å². The molecule has 1 unspecified atom stereocenters. The second-order valence-electron chi connectivity index (χ2n) is 3.75. The van der Waals surface area contributed by atoms with Gasteiger partial charge >= 0.3 is 0 Å². The molecule has 0 aliphatic heterocycles. The molecule has 18 heavy (non-hydrogen) atoms. The molecule has 0 saturated heterocycles. The van der Waals surface area contributed by atoms with E-state index >= 15 is 0 Å². The number of nitrogens with one attached hydrogen (secondary N) is 1. The van der Waals surface area contributed by atoms with Crippen LogP contribution in [-0.2, 0) is 6.54 Å². The number of hydrazine groups is 1. The normalized spacial score (nSPS) is 12.7. The average Bonchev–Trinajstić information content (AvgIpc) is 2.81. The highest BCUT2D eigenvalue weighted by Crippen LogP contribution is 2.28. The van der Waals surface area contributed by atoms with E-state index in [9.17, 15) is 0 Å². The van der Waals surface area contributed by atoms with Crippen LogP contribution >= 0.6 is 31.9 Å². The van der Waals surface area contributed by atoms with Gasteiger partial charge in [-0.3, -0.25) is 15.5 Å². The van der Waals surface area contributed by atoms with E-state index in [2.05, 4.69) is 47.4 Å². The van der Waals surface area contributed by atoms with Gasteiger partial charge in [0.25, 0.3) is 0 Å². The molecule has 0 amide bonds. The largest absolute Gasteiger partial charge is 0.273 e. The molecular weight excluding hydrogens is 362 g/mol. The highest BCUT2D eigenvalue weighted by Gasteiger charge is 2.18. The summed E-state index contributed by atoms with van der Waals surface area (Å²) in [6, 6.07) is 1.75. The number of rotatable bonds is 4. The van der Waals surface area contributed by atoms with E-state index in [0.717, 1.165) is 26.7 Å². The Labute approximate surface area is 122 Å². The highest BCUT2D eigenvalue weighted by molar-refractivity contribution is 9.11. The van der Waals surface area contributed by atoms with Gasteiger partial charge in [0.1, 0.15) is 0 Å². The smallest absolute Gasteiger partial charge is 0.0923 e. The molecule has 0 bridgehead atoms. The van der Waals surface area contributed by atoms with E-state index in [0.29, 0.717) is 0 Å². The van der Waals surface area contributed by atoms with E-state index in [1.165, 1.54) is 0 Å². The minimum Gasteiger partial charge on any atom is -0.273 e. The Kier molecular flexibility index (Phi) is 4.50. The maximum Gasteiger partial charge on any atom is 0.0923 e. The van der Waals surface area contributed by atoms with Crippen molar-refractivity contribution in [2.75, 3.05) is 0 Å². The molecule has 2 heterocycles. The van der Waals surface area contributed by atoms with E-state index in [-0.39, 0.29) is 6.04 Å². The lowest BCUT2D eigenvalue weighted by atomic mass is 10.1. The molecule has 0 aromatic carbocycles. The number of hydrogen-bond acceptors (Lipinski definition) is 4. The summed E-state index contributed by atoms with van der Waals surface area (Å²) < 4.78 is 3.66. The molecule has 0 fully saturated rings. The second-order valence-corrected chi connectivity index (χ2v) is 5.52. The Morgan fingerprint density at radius 1 is 1.44 bits per heavy atom. The van der Waals surface area contributed by atoms with Crippen molar-refractivity contribution in [2.45, 2.75) is 19.5 Å². The Balaban J connectivity index is 2.38. The van der Waals surface area contributed by atoms with Crippen LogP contribution < -0.4 is 11.3 Å². The van der Waals surface area contributed by atoms with Gasteiger partial charge in [-0.2, -0.15) is 5.10 Å². The highest BCUT2D eigenvalue weighted by atomic mass is 79.9. The van der Waals surface area contributed by atoms with Gasteiger partial charge in [0.05, 0.1) is 17.9 Å². The summed E-state index contributed by atoms with van der Waals surface area (Å²) in [5.41, 5.74) is 4.58. The lowest BCUT2D eigenvalue weighted by Crippen LogP contribution is -2.29. The average molecular weight is 375 g/mol. The first-order chi connectivity index (χ1) is 8.65. The molecule has 2 aromatic rings. The van der Waals surface area contributed by atoms with E-state index in [1.807, 2.05) is 23.9 Å². The molecule has 0 spiro atoms. The summed E-state index contributed by atoms with van der Waals surface area (Å²) in [5, 5.41) is 4.25. The standard InChI is InChI=1S/C11H13Br2N5/c1-2-18-6-7(4-16-18)10(17-14)11-9(13)3-8(12)5-15-11/h3-6,10,17H,2,14H2,1H3. The van der Waals surface area contributed by atoms with Crippen LogP contribution in [0.15, 0.2) is 33.6 Å². The summed E-state index contributed by atoms with van der Waals surface area (Å²) in [6.07, 6.45) is 5.50. The van der Waals surface area contributed by atoms with Crippen LogP contribution in [0.5, 0.6) is 0 Å². The number of aromatic nitrogens is 3. The predicted octanol–water partition coefficient (Wildman–Crippen LogP) is 2.38. The molecule has 0 aliphatic rings. The fourth-order valence-corrected chi connectivity index (χ4v) is 2.89. The monoisotopic (exact) mass is 373 g/mol. The van der Waals surface area contributed by atoms with E-state index < -0.39 is 0 Å². The predicted molar refractivity (Wildman–Crippen MR) is 76.7 cm³/mol. The summed E-state index contributed by atoms with van der Waals surface area (Å²) in [5.74, 6) is 5.63. The summed E-state index contributed by atoms with van der Waals surface area (Å²) in [7, 11) is 0. The quantitative estimate of drug-likeness (QED) is 0.636. The van der Waals surface area contributed by atoms with E-state index in [4.69, 9.17) is 5.84 Å². The number of nitrogens with zero attached hydrogens (tertiary/aromatic N) is 3. The third-order valence-electron chi connectivity index (χ3n) is 2.59. The number of pyridine rings is 1. The Hall–Kier alpha value is -0.760. The number of nitrogens with two attached hydrogens (primary N) is 1. The fourth-order valence-electron chi connectivity index (χ4n) is 1.67. The van der Waals surface area contributed by atoms with E-state index in [1.54, 1.807) is 12.4 Å². The molecule has 0 radical (unpaired) electrons. The first-order valence-electron chi connectivity index (χ1n) is 5.45. The maximum absolute atomic E-state index is 5.63. The van der Waals surface area contributed by atoms with Crippen molar-refractivity contribution in [3.05, 3.63) is 44.9 Å². The third kappa shape index (κ3) is 2.80. The molecule has 2 aromatic heterocycles. The van der Waals surface area contributed by atoms with Gasteiger partial charge in [0, 0.05) is 33.4 Å². The molecule has 7 heteroatoms. The Morgan fingerprint density at radius 2 is 2.22 bits per heavy atom. The molecule has 1 atom stereocenters.